The summed E-state index contributed by atoms with van der Waals surface area (Å²) in [5.74, 6) is 1.28. The molecule has 1 unspecified atom stereocenters. The Balaban J connectivity index is 0.00000226. The number of aromatic nitrogens is 2. The zero-order valence-electron chi connectivity index (χ0n) is 24.4. The Bertz CT molecular complexity index is 1540. The van der Waals surface area contributed by atoms with Gasteiger partial charge in [-0.15, -0.1) is 12.8 Å². The first-order valence-corrected chi connectivity index (χ1v) is 13.9. The van der Waals surface area contributed by atoms with Crippen molar-refractivity contribution < 1.29 is 19.0 Å². The number of carbonyl (C=O) groups excluding carboxylic acids is 1. The fraction of sp³-hybridized carbons (Fsp3) is 0.324. The predicted molar refractivity (Wildman–Crippen MR) is 163 cm³/mol. The third kappa shape index (κ3) is 7.55. The second-order valence-corrected chi connectivity index (χ2v) is 9.63. The predicted octanol–water partition coefficient (Wildman–Crippen LogP) is 6.60. The van der Waals surface area contributed by atoms with E-state index in [1.54, 1.807) is 17.6 Å². The fourth-order valence-corrected chi connectivity index (χ4v) is 4.51. The van der Waals surface area contributed by atoms with Crippen molar-refractivity contribution in [1.29, 1.82) is 0 Å². The summed E-state index contributed by atoms with van der Waals surface area (Å²) in [6.07, 6.45) is 7.79. The number of hydrogen-bond donors (Lipinski definition) is 0. The summed E-state index contributed by atoms with van der Waals surface area (Å²) in [4.78, 5) is 30.2. The number of hydrogen-bond acceptors (Lipinski definition) is 6. The number of ether oxygens (including phenoxy) is 3. The monoisotopic (exact) mass is 554 g/mol. The van der Waals surface area contributed by atoms with Crippen LogP contribution in [-0.2, 0) is 16.1 Å². The Hall–Kier alpha value is -4.57. The first kappa shape index (κ1) is 31.0. The summed E-state index contributed by atoms with van der Waals surface area (Å²) in [5, 5.41) is 0.832. The molecule has 0 spiro atoms. The van der Waals surface area contributed by atoms with Crippen LogP contribution in [-0.4, -0.2) is 34.8 Å². The number of esters is 1. The lowest BCUT2D eigenvalue weighted by molar-refractivity contribution is -0.151. The van der Waals surface area contributed by atoms with E-state index in [1.165, 1.54) is 5.56 Å². The number of terminal acetylenes is 1. The SMILES string of the molecule is C#C.CCOC(=O)C(CC)Oc1cccc(Cn2c(=O)nc(-c3ccc(C(C)C)cc3)c3cc(OCC)ccc32)c1. The molecule has 0 N–H and O–H groups in total. The summed E-state index contributed by atoms with van der Waals surface area (Å²) >= 11 is 0. The molecular weight excluding hydrogens is 516 g/mol. The van der Waals surface area contributed by atoms with Crippen LogP contribution in [0.4, 0.5) is 0 Å². The van der Waals surface area contributed by atoms with E-state index in [-0.39, 0.29) is 18.2 Å². The third-order valence-electron chi connectivity index (χ3n) is 6.55. The van der Waals surface area contributed by atoms with E-state index >= 15 is 0 Å². The maximum atomic E-state index is 13.4. The molecule has 214 valence electrons. The molecule has 4 aromatic rings. The lowest BCUT2D eigenvalue weighted by Gasteiger charge is -2.17. The molecule has 1 heterocycles. The summed E-state index contributed by atoms with van der Waals surface area (Å²) in [6, 6.07) is 21.3. The lowest BCUT2D eigenvalue weighted by atomic mass is 9.99. The largest absolute Gasteiger partial charge is 0.494 e. The molecule has 7 nitrogen and oxygen atoms in total. The Morgan fingerprint density at radius 1 is 0.927 bits per heavy atom. The van der Waals surface area contributed by atoms with Crippen molar-refractivity contribution in [2.45, 2.75) is 59.6 Å². The van der Waals surface area contributed by atoms with Crippen LogP contribution < -0.4 is 15.2 Å². The van der Waals surface area contributed by atoms with Crippen LogP contribution in [0, 0.1) is 12.8 Å². The van der Waals surface area contributed by atoms with Crippen molar-refractivity contribution in [3.05, 3.63) is 88.3 Å². The molecule has 1 aromatic heterocycles. The van der Waals surface area contributed by atoms with Crippen LogP contribution in [0.2, 0.25) is 0 Å². The van der Waals surface area contributed by atoms with E-state index in [0.29, 0.717) is 37.0 Å². The highest BCUT2D eigenvalue weighted by Crippen LogP contribution is 2.30. The highest BCUT2D eigenvalue weighted by Gasteiger charge is 2.20. The van der Waals surface area contributed by atoms with Crippen molar-refractivity contribution in [2.75, 3.05) is 13.2 Å². The zero-order chi connectivity index (χ0) is 29.9. The van der Waals surface area contributed by atoms with Crippen molar-refractivity contribution in [2.24, 2.45) is 0 Å². The molecule has 0 bridgehead atoms. The Labute approximate surface area is 242 Å². The van der Waals surface area contributed by atoms with Gasteiger partial charge < -0.3 is 14.2 Å². The average molecular weight is 555 g/mol. The van der Waals surface area contributed by atoms with Gasteiger partial charge in [0.05, 0.1) is 31.0 Å². The first-order chi connectivity index (χ1) is 19.8. The molecule has 7 heteroatoms. The Kier molecular flexibility index (Phi) is 11.1. The molecule has 0 aliphatic rings. The van der Waals surface area contributed by atoms with Crippen LogP contribution in [0.25, 0.3) is 22.2 Å². The molecule has 0 radical (unpaired) electrons. The van der Waals surface area contributed by atoms with Gasteiger partial charge in [0.2, 0.25) is 0 Å². The van der Waals surface area contributed by atoms with Gasteiger partial charge in [0.1, 0.15) is 11.5 Å². The van der Waals surface area contributed by atoms with Gasteiger partial charge >= 0.3 is 11.7 Å². The summed E-state index contributed by atoms with van der Waals surface area (Å²) in [7, 11) is 0. The Morgan fingerprint density at radius 3 is 2.29 bits per heavy atom. The maximum absolute atomic E-state index is 13.4. The van der Waals surface area contributed by atoms with Crippen molar-refractivity contribution in [1.82, 2.24) is 9.55 Å². The van der Waals surface area contributed by atoms with Crippen molar-refractivity contribution in [3.8, 4) is 35.6 Å². The number of benzene rings is 3. The molecule has 0 fully saturated rings. The normalized spacial score (nSPS) is 11.4. The highest BCUT2D eigenvalue weighted by atomic mass is 16.6. The quantitative estimate of drug-likeness (QED) is 0.153. The summed E-state index contributed by atoms with van der Waals surface area (Å²) in [5.41, 5.74) is 3.98. The lowest BCUT2D eigenvalue weighted by Crippen LogP contribution is -2.28. The molecule has 0 saturated heterocycles. The zero-order valence-corrected chi connectivity index (χ0v) is 24.4. The number of rotatable bonds is 11. The summed E-state index contributed by atoms with van der Waals surface area (Å²) < 4.78 is 18.5. The second kappa shape index (κ2) is 14.7. The van der Waals surface area contributed by atoms with Crippen LogP contribution in [0.3, 0.4) is 0 Å². The van der Waals surface area contributed by atoms with Crippen LogP contribution in [0.15, 0.2) is 71.5 Å². The third-order valence-corrected chi connectivity index (χ3v) is 6.55. The summed E-state index contributed by atoms with van der Waals surface area (Å²) in [6.45, 7) is 11.0. The van der Waals surface area contributed by atoms with E-state index < -0.39 is 6.10 Å². The molecule has 0 aliphatic carbocycles. The molecule has 1 atom stereocenters. The second-order valence-electron chi connectivity index (χ2n) is 9.63. The number of fused-ring (bicyclic) bond motifs is 1. The number of carbonyl (C=O) groups is 1. The van der Waals surface area contributed by atoms with Gasteiger partial charge in [0.15, 0.2) is 6.10 Å². The van der Waals surface area contributed by atoms with Crippen LogP contribution in [0.1, 0.15) is 58.1 Å². The van der Waals surface area contributed by atoms with Gasteiger partial charge in [-0.3, -0.25) is 4.57 Å². The minimum atomic E-state index is -0.691. The maximum Gasteiger partial charge on any atom is 0.348 e. The van der Waals surface area contributed by atoms with Gasteiger partial charge in [0.25, 0.3) is 0 Å². The highest BCUT2D eigenvalue weighted by molar-refractivity contribution is 5.93. The van der Waals surface area contributed by atoms with E-state index in [4.69, 9.17) is 14.2 Å². The molecular formula is C34H38N2O5. The molecule has 3 aromatic carbocycles. The van der Waals surface area contributed by atoms with Gasteiger partial charge in [-0.05, 0) is 67.6 Å². The molecule has 4 rings (SSSR count). The molecule has 41 heavy (non-hydrogen) atoms. The Morgan fingerprint density at radius 2 is 1.66 bits per heavy atom. The molecule has 0 amide bonds. The van der Waals surface area contributed by atoms with E-state index in [1.807, 2.05) is 62.4 Å². The first-order valence-electron chi connectivity index (χ1n) is 13.9. The average Bonchev–Trinajstić information content (AvgIpc) is 2.98. The number of nitrogens with zero attached hydrogens (tertiary/aromatic N) is 2. The van der Waals surface area contributed by atoms with Crippen molar-refractivity contribution >= 4 is 16.9 Å². The van der Waals surface area contributed by atoms with E-state index in [0.717, 1.165) is 27.8 Å². The van der Waals surface area contributed by atoms with E-state index in [2.05, 4.69) is 43.8 Å². The van der Waals surface area contributed by atoms with Crippen molar-refractivity contribution in [3.63, 3.8) is 0 Å². The standard InChI is InChI=1S/C32H36N2O5.C2H2/c1-6-29(31(35)38-8-3)39-26-11-9-10-22(18-26)20-34-28-17-16-25(37-7-2)19-27(28)30(33-32(34)36)24-14-12-23(13-15-24)21(4)5;1-2/h9-19,21,29H,6-8,20H2,1-5H3;1-2H. The fourth-order valence-electron chi connectivity index (χ4n) is 4.51. The van der Waals surface area contributed by atoms with E-state index in [9.17, 15) is 9.59 Å². The van der Waals surface area contributed by atoms with Crippen LogP contribution >= 0.6 is 0 Å². The van der Waals surface area contributed by atoms with Gasteiger partial charge in [-0.2, -0.15) is 4.98 Å². The minimum absolute atomic E-state index is 0.288. The van der Waals surface area contributed by atoms with Gasteiger partial charge in [0, 0.05) is 10.9 Å². The molecule has 0 saturated carbocycles. The molecule has 0 aliphatic heterocycles. The van der Waals surface area contributed by atoms with Crippen LogP contribution in [0.5, 0.6) is 11.5 Å². The topological polar surface area (TPSA) is 79.7 Å². The van der Waals surface area contributed by atoms with Gasteiger partial charge in [-0.1, -0.05) is 57.2 Å². The van der Waals surface area contributed by atoms with Gasteiger partial charge in [-0.25, -0.2) is 9.59 Å². The smallest absolute Gasteiger partial charge is 0.348 e. The minimum Gasteiger partial charge on any atom is -0.494 e.